The zero-order chi connectivity index (χ0) is 41.9. The number of esters is 1. The van der Waals surface area contributed by atoms with Gasteiger partial charge in [-0.2, -0.15) is 0 Å². The van der Waals surface area contributed by atoms with E-state index >= 15 is 4.79 Å². The predicted octanol–water partition coefficient (Wildman–Crippen LogP) is 7.60. The number of carboxylic acid groups (broad SMARTS) is 1. The molecular weight excluding hydrogens is 764 g/mol. The molecule has 1 aromatic heterocycles. The van der Waals surface area contributed by atoms with Gasteiger partial charge in [-0.15, -0.1) is 0 Å². The van der Waals surface area contributed by atoms with Crippen molar-refractivity contribution in [3.05, 3.63) is 101 Å². The van der Waals surface area contributed by atoms with E-state index in [0.29, 0.717) is 34.4 Å². The first kappa shape index (κ1) is 42.1. The second-order valence-electron chi connectivity index (χ2n) is 16.4. The van der Waals surface area contributed by atoms with Crippen molar-refractivity contribution in [2.75, 3.05) is 0 Å². The summed E-state index contributed by atoms with van der Waals surface area (Å²) in [6.45, 7) is 8.72. The Kier molecular flexibility index (Phi) is 12.7. The van der Waals surface area contributed by atoms with Gasteiger partial charge < -0.3 is 34.5 Å². The molecule has 13 nitrogen and oxygen atoms in total. The lowest BCUT2D eigenvalue weighted by atomic mass is 9.84. The molecule has 5 atom stereocenters. The van der Waals surface area contributed by atoms with Crippen LogP contribution in [0.1, 0.15) is 89.7 Å². The van der Waals surface area contributed by atoms with Gasteiger partial charge in [0.05, 0.1) is 6.04 Å². The highest BCUT2D eigenvalue weighted by Gasteiger charge is 2.62. The molecule has 3 N–H and O–H groups in total. The van der Waals surface area contributed by atoms with Crippen molar-refractivity contribution >= 4 is 52.2 Å². The van der Waals surface area contributed by atoms with Crippen molar-refractivity contribution in [1.82, 2.24) is 19.7 Å². The maximum atomic E-state index is 15.2. The molecule has 14 heteroatoms. The van der Waals surface area contributed by atoms with E-state index in [1.807, 2.05) is 50.2 Å². The smallest absolute Gasteiger partial charge is 0.412 e. The number of amides is 3. The number of H-pyrrole nitrogens is 1. The average Bonchev–Trinajstić information content (AvgIpc) is 3.77. The predicted molar refractivity (Wildman–Crippen MR) is 217 cm³/mol. The van der Waals surface area contributed by atoms with E-state index in [1.165, 1.54) is 20.8 Å². The lowest BCUT2D eigenvalue weighted by Crippen LogP contribution is -2.74. The van der Waals surface area contributed by atoms with Gasteiger partial charge in [0, 0.05) is 34.5 Å². The summed E-state index contributed by atoms with van der Waals surface area (Å²) < 4.78 is 11.4. The molecule has 58 heavy (non-hydrogen) atoms. The van der Waals surface area contributed by atoms with E-state index in [2.05, 4.69) is 4.98 Å². The Morgan fingerprint density at radius 3 is 2.34 bits per heavy atom. The van der Waals surface area contributed by atoms with E-state index in [0.717, 1.165) is 11.1 Å². The first-order valence-corrected chi connectivity index (χ1v) is 20.0. The summed E-state index contributed by atoms with van der Waals surface area (Å²) >= 11 is 6.76. The van der Waals surface area contributed by atoms with Crippen LogP contribution in [0.4, 0.5) is 4.79 Å². The van der Waals surface area contributed by atoms with Gasteiger partial charge >= 0.3 is 18.0 Å². The number of hydrogen-bond acceptors (Lipinski definition) is 8. The SMILES string of the molecule is CC(C)CC(C(=O)O)N1C(=O)C(N2C(=O)C(CCCC(=O)OC(C)(C)C)N(C(=O)OCc3ccccc3O)C2c2cc(Cl)cc3ccccc23)C1CCc1ccc[nH]1. The Labute approximate surface area is 342 Å². The van der Waals surface area contributed by atoms with Gasteiger partial charge in [0.1, 0.15) is 42.2 Å². The molecule has 0 bridgehead atoms. The molecule has 5 unspecified atom stereocenters. The molecule has 2 aliphatic rings. The number of carbonyl (C=O) groups excluding carboxylic acids is 4. The standard InChI is InChI=1S/C44H51ClN4O9/c1-26(2)22-35(42(54)55)47-33(20-19-30-14-11-21-46-30)38(41(47)53)49-39(32-24-29(45)23-27-12-6-8-15-31(27)32)48(43(56)57-25-28-13-7-9-17-36(28)50)34(40(49)52)16-10-18-37(51)58-44(3,4)5/h6-9,11-15,17,21,23-24,26,33-35,38-39,46,50H,10,16,18-20,22,25H2,1-5H3,(H,54,55). The van der Waals surface area contributed by atoms with Crippen LogP contribution < -0.4 is 0 Å². The number of aromatic hydroxyl groups is 1. The Bertz CT molecular complexity index is 2150. The molecule has 3 aromatic carbocycles. The van der Waals surface area contributed by atoms with Gasteiger partial charge in [0.15, 0.2) is 0 Å². The number of aromatic amines is 1. The number of aromatic nitrogens is 1. The van der Waals surface area contributed by atoms with Crippen molar-refractivity contribution in [1.29, 1.82) is 0 Å². The summed E-state index contributed by atoms with van der Waals surface area (Å²) in [6, 6.07) is 16.7. The number of aryl methyl sites for hydroxylation is 1. The number of likely N-dealkylation sites (tertiary alicyclic amines) is 1. The Morgan fingerprint density at radius 2 is 1.67 bits per heavy atom. The second kappa shape index (κ2) is 17.5. The van der Waals surface area contributed by atoms with E-state index in [4.69, 9.17) is 21.1 Å². The number of ether oxygens (including phenoxy) is 2. The van der Waals surface area contributed by atoms with Crippen molar-refractivity contribution in [2.24, 2.45) is 5.92 Å². The van der Waals surface area contributed by atoms with Crippen LogP contribution in [0.2, 0.25) is 5.02 Å². The Morgan fingerprint density at radius 1 is 0.948 bits per heavy atom. The summed E-state index contributed by atoms with van der Waals surface area (Å²) in [7, 11) is 0. The molecule has 0 spiro atoms. The number of carboxylic acids is 1. The van der Waals surface area contributed by atoms with Gasteiger partial charge in [-0.1, -0.05) is 67.9 Å². The number of hydrogen-bond donors (Lipinski definition) is 3. The number of para-hydroxylation sites is 1. The van der Waals surface area contributed by atoms with Crippen LogP contribution in [-0.2, 0) is 41.7 Å². The van der Waals surface area contributed by atoms with Gasteiger partial charge in [0.2, 0.25) is 11.8 Å². The largest absolute Gasteiger partial charge is 0.508 e. The number of phenolic OH excluding ortho intramolecular Hbond substituents is 1. The number of nitrogens with zero attached hydrogens (tertiary/aromatic N) is 3. The van der Waals surface area contributed by atoms with Gasteiger partial charge in [-0.25, -0.2) is 9.59 Å². The fraction of sp³-hybridized carbons (Fsp3) is 0.432. The van der Waals surface area contributed by atoms with Gasteiger partial charge in [-0.3, -0.25) is 19.3 Å². The highest BCUT2D eigenvalue weighted by Crippen LogP contribution is 2.46. The quantitative estimate of drug-likeness (QED) is 0.0808. The number of carbonyl (C=O) groups is 5. The molecule has 6 rings (SSSR count). The van der Waals surface area contributed by atoms with E-state index in [-0.39, 0.29) is 44.0 Å². The van der Waals surface area contributed by atoms with Crippen molar-refractivity contribution in [3.8, 4) is 5.75 Å². The van der Waals surface area contributed by atoms with E-state index in [9.17, 15) is 29.4 Å². The average molecular weight is 815 g/mol. The highest BCUT2D eigenvalue weighted by molar-refractivity contribution is 6.31. The molecule has 0 radical (unpaired) electrons. The van der Waals surface area contributed by atoms with Crippen LogP contribution in [0, 0.1) is 5.92 Å². The third-order valence-electron chi connectivity index (χ3n) is 10.6. The summed E-state index contributed by atoms with van der Waals surface area (Å²) in [6.07, 6.45) is 0.720. The molecular formula is C44H51ClN4O9. The normalized spacial score (nSPS) is 20.1. The molecule has 2 aliphatic heterocycles. The third kappa shape index (κ3) is 9.09. The fourth-order valence-electron chi connectivity index (χ4n) is 8.13. The minimum Gasteiger partial charge on any atom is -0.508 e. The Balaban J connectivity index is 1.47. The molecule has 2 fully saturated rings. The van der Waals surface area contributed by atoms with Crippen molar-refractivity contribution in [3.63, 3.8) is 0 Å². The lowest BCUT2D eigenvalue weighted by Gasteiger charge is -2.54. The lowest BCUT2D eigenvalue weighted by molar-refractivity contribution is -0.178. The van der Waals surface area contributed by atoms with Crippen LogP contribution in [-0.4, -0.2) is 89.5 Å². The summed E-state index contributed by atoms with van der Waals surface area (Å²) in [5.74, 6) is -2.87. The second-order valence-corrected chi connectivity index (χ2v) is 16.8. The van der Waals surface area contributed by atoms with Crippen LogP contribution in [0.25, 0.3) is 10.8 Å². The first-order chi connectivity index (χ1) is 27.6. The molecule has 0 aliphatic carbocycles. The zero-order valence-corrected chi connectivity index (χ0v) is 34.1. The summed E-state index contributed by atoms with van der Waals surface area (Å²) in [5, 5.41) is 22.7. The number of rotatable bonds is 15. The van der Waals surface area contributed by atoms with E-state index in [1.54, 1.807) is 57.3 Å². The number of β-lactam (4-membered cyclic amide) rings is 1. The van der Waals surface area contributed by atoms with Crippen LogP contribution >= 0.6 is 11.6 Å². The number of fused-ring (bicyclic) bond motifs is 1. The maximum Gasteiger partial charge on any atom is 0.412 e. The van der Waals surface area contributed by atoms with E-state index < -0.39 is 65.8 Å². The minimum atomic E-state index is -1.24. The summed E-state index contributed by atoms with van der Waals surface area (Å²) in [4.78, 5) is 77.4. The highest BCUT2D eigenvalue weighted by atomic mass is 35.5. The first-order valence-electron chi connectivity index (χ1n) is 19.7. The maximum absolute atomic E-state index is 15.2. The monoisotopic (exact) mass is 814 g/mol. The van der Waals surface area contributed by atoms with Gasteiger partial charge in [-0.05, 0) is 99.9 Å². The third-order valence-corrected chi connectivity index (χ3v) is 10.8. The zero-order valence-electron chi connectivity index (χ0n) is 33.4. The number of nitrogens with one attached hydrogen (secondary N) is 1. The molecule has 0 saturated carbocycles. The van der Waals surface area contributed by atoms with Crippen molar-refractivity contribution < 1.29 is 43.7 Å². The Hall–Kier alpha value is -5.56. The van der Waals surface area contributed by atoms with Crippen LogP contribution in [0.3, 0.4) is 0 Å². The topological polar surface area (TPSA) is 170 Å². The number of benzene rings is 3. The molecule has 4 aromatic rings. The summed E-state index contributed by atoms with van der Waals surface area (Å²) in [5.41, 5.74) is 0.928. The fourth-order valence-corrected chi connectivity index (χ4v) is 8.37. The van der Waals surface area contributed by atoms with Crippen molar-refractivity contribution in [2.45, 2.75) is 116 Å². The van der Waals surface area contributed by atoms with Crippen LogP contribution in [0.5, 0.6) is 5.75 Å². The molecule has 308 valence electrons. The molecule has 3 amide bonds. The number of aliphatic carboxylic acids is 1. The van der Waals surface area contributed by atoms with Gasteiger partial charge in [0.25, 0.3) is 0 Å². The minimum absolute atomic E-state index is 0.0120. The number of halogens is 1. The molecule has 2 saturated heterocycles. The molecule has 3 heterocycles. The number of phenols is 1. The van der Waals surface area contributed by atoms with Crippen LogP contribution in [0.15, 0.2) is 79.0 Å².